The average molecular weight is 372 g/mol. The molecule has 1 aromatic heterocycles. The second kappa shape index (κ2) is 7.61. The molecule has 2 aromatic rings. The fraction of sp³-hybridized carbons (Fsp3) is 0.368. The van der Waals surface area contributed by atoms with Gasteiger partial charge in [0, 0.05) is 13.0 Å². The lowest BCUT2D eigenvalue weighted by Crippen LogP contribution is -2.50. The number of aromatic nitrogens is 1. The van der Waals surface area contributed by atoms with Crippen LogP contribution in [0.25, 0.3) is 0 Å². The van der Waals surface area contributed by atoms with Gasteiger partial charge in [0.05, 0.1) is 12.8 Å². The summed E-state index contributed by atoms with van der Waals surface area (Å²) in [5, 5.41) is 3.69. The summed E-state index contributed by atoms with van der Waals surface area (Å²) in [4.78, 5) is 38.4. The van der Waals surface area contributed by atoms with Crippen LogP contribution in [0.4, 0.5) is 0 Å². The highest BCUT2D eigenvalue weighted by Gasteiger charge is 2.35. The van der Waals surface area contributed by atoms with E-state index in [-0.39, 0.29) is 12.1 Å². The number of fused-ring (bicyclic) bond motifs is 1. The predicted molar refractivity (Wildman–Crippen MR) is 92.8 cm³/mol. The van der Waals surface area contributed by atoms with Gasteiger partial charge in [0.2, 0.25) is 0 Å². The quantitative estimate of drug-likeness (QED) is 0.751. The number of carbonyl (C=O) groups is 3. The number of hydrogen-bond acceptors (Lipinski definition) is 7. The van der Waals surface area contributed by atoms with Crippen molar-refractivity contribution in [1.29, 1.82) is 0 Å². The summed E-state index contributed by atoms with van der Waals surface area (Å²) in [5.41, 5.74) is 2.54. The number of ether oxygens (including phenoxy) is 2. The molecule has 0 bridgehead atoms. The molecule has 0 radical (unpaired) electrons. The van der Waals surface area contributed by atoms with Gasteiger partial charge in [-0.25, -0.2) is 9.59 Å². The van der Waals surface area contributed by atoms with Crippen molar-refractivity contribution in [1.82, 2.24) is 10.1 Å². The number of carbonyl (C=O) groups excluding carboxylic acids is 3. The summed E-state index contributed by atoms with van der Waals surface area (Å²) < 4.78 is 14.9. The van der Waals surface area contributed by atoms with Crippen molar-refractivity contribution in [3.8, 4) is 0 Å². The van der Waals surface area contributed by atoms with Crippen LogP contribution in [-0.2, 0) is 32.0 Å². The number of aryl methyl sites for hydroxylation is 2. The number of hydrogen-bond donors (Lipinski definition) is 0. The summed E-state index contributed by atoms with van der Waals surface area (Å²) in [6, 6.07) is 6.83. The molecule has 0 unspecified atom stereocenters. The van der Waals surface area contributed by atoms with E-state index in [0.29, 0.717) is 17.9 Å². The van der Waals surface area contributed by atoms with Crippen molar-refractivity contribution in [3.63, 3.8) is 0 Å². The van der Waals surface area contributed by atoms with Crippen molar-refractivity contribution in [2.45, 2.75) is 32.9 Å². The summed E-state index contributed by atoms with van der Waals surface area (Å²) >= 11 is 0. The molecule has 1 aromatic carbocycles. The molecule has 8 nitrogen and oxygen atoms in total. The Morgan fingerprint density at radius 1 is 1.22 bits per heavy atom. The molecule has 1 aliphatic rings. The second-order valence-corrected chi connectivity index (χ2v) is 6.31. The maximum absolute atomic E-state index is 12.7. The van der Waals surface area contributed by atoms with Gasteiger partial charge in [0.1, 0.15) is 17.4 Å². The summed E-state index contributed by atoms with van der Waals surface area (Å²) in [7, 11) is 1.28. The first-order chi connectivity index (χ1) is 12.9. The first-order valence-corrected chi connectivity index (χ1v) is 8.46. The van der Waals surface area contributed by atoms with E-state index in [2.05, 4.69) is 5.16 Å². The van der Waals surface area contributed by atoms with Gasteiger partial charge in [-0.3, -0.25) is 4.79 Å². The van der Waals surface area contributed by atoms with E-state index in [1.165, 1.54) is 12.0 Å². The van der Waals surface area contributed by atoms with Crippen LogP contribution in [-0.4, -0.2) is 47.7 Å². The van der Waals surface area contributed by atoms with Crippen LogP contribution in [0.3, 0.4) is 0 Å². The number of rotatable bonds is 4. The molecule has 142 valence electrons. The third-order valence-electron chi connectivity index (χ3n) is 4.61. The van der Waals surface area contributed by atoms with Crippen molar-refractivity contribution in [2.75, 3.05) is 13.7 Å². The van der Waals surface area contributed by atoms with Crippen molar-refractivity contribution in [2.24, 2.45) is 0 Å². The minimum atomic E-state index is -0.754. The van der Waals surface area contributed by atoms with Gasteiger partial charge < -0.3 is 18.9 Å². The monoisotopic (exact) mass is 372 g/mol. The highest BCUT2D eigenvalue weighted by Crippen LogP contribution is 2.24. The lowest BCUT2D eigenvalue weighted by Gasteiger charge is -2.35. The Labute approximate surface area is 156 Å². The fourth-order valence-corrected chi connectivity index (χ4v) is 3.19. The van der Waals surface area contributed by atoms with Gasteiger partial charge in [0.15, 0.2) is 6.61 Å². The zero-order chi connectivity index (χ0) is 19.6. The number of methoxy groups -OCH3 is 1. The SMILES string of the molecule is COC(=O)[C@@H]1Cc2ccccc2CN1C(=O)COC(=O)c1c(C)noc1C. The largest absolute Gasteiger partial charge is 0.467 e. The molecule has 2 heterocycles. The molecule has 0 saturated carbocycles. The number of amides is 1. The second-order valence-electron chi connectivity index (χ2n) is 6.31. The molecule has 8 heteroatoms. The van der Waals surface area contributed by atoms with Gasteiger partial charge in [-0.05, 0) is 25.0 Å². The first-order valence-electron chi connectivity index (χ1n) is 8.46. The minimum Gasteiger partial charge on any atom is -0.467 e. The highest BCUT2D eigenvalue weighted by atomic mass is 16.5. The smallest absolute Gasteiger partial charge is 0.344 e. The Morgan fingerprint density at radius 3 is 2.56 bits per heavy atom. The average Bonchev–Trinajstić information content (AvgIpc) is 3.02. The highest BCUT2D eigenvalue weighted by molar-refractivity contribution is 5.93. The van der Waals surface area contributed by atoms with E-state index < -0.39 is 30.5 Å². The van der Waals surface area contributed by atoms with Gasteiger partial charge in [-0.1, -0.05) is 29.4 Å². The molecule has 3 rings (SSSR count). The first kappa shape index (κ1) is 18.6. The Balaban J connectivity index is 1.74. The van der Waals surface area contributed by atoms with Crippen molar-refractivity contribution >= 4 is 17.8 Å². The lowest BCUT2D eigenvalue weighted by atomic mass is 9.94. The molecule has 0 aliphatic carbocycles. The van der Waals surface area contributed by atoms with Crippen molar-refractivity contribution < 1.29 is 28.4 Å². The molecular weight excluding hydrogens is 352 g/mol. The van der Waals surface area contributed by atoms with Gasteiger partial charge in [-0.2, -0.15) is 0 Å². The standard InChI is InChI=1S/C19H20N2O6/c1-11-17(12(2)27-20-11)19(24)26-10-16(22)21-9-14-7-5-4-6-13(14)8-15(21)18(23)25-3/h4-7,15H,8-10H2,1-3H3/t15-/m0/s1. The Kier molecular flexibility index (Phi) is 5.25. The molecule has 0 N–H and O–H groups in total. The van der Waals surface area contributed by atoms with Gasteiger partial charge in [-0.15, -0.1) is 0 Å². The number of esters is 2. The summed E-state index contributed by atoms with van der Waals surface area (Å²) in [6.45, 7) is 2.97. The molecule has 1 amide bonds. The van der Waals surface area contributed by atoms with Crippen LogP contribution >= 0.6 is 0 Å². The van der Waals surface area contributed by atoms with E-state index >= 15 is 0 Å². The maximum atomic E-state index is 12.7. The molecule has 1 aliphatic heterocycles. The molecule has 0 fully saturated rings. The number of nitrogens with zero attached hydrogens (tertiary/aromatic N) is 2. The topological polar surface area (TPSA) is 98.9 Å². The van der Waals surface area contributed by atoms with Crippen LogP contribution in [0.15, 0.2) is 28.8 Å². The fourth-order valence-electron chi connectivity index (χ4n) is 3.19. The van der Waals surface area contributed by atoms with E-state index in [9.17, 15) is 14.4 Å². The third kappa shape index (κ3) is 3.69. The van der Waals surface area contributed by atoms with E-state index in [1.54, 1.807) is 13.8 Å². The molecular formula is C19H20N2O6. The van der Waals surface area contributed by atoms with Crippen molar-refractivity contribution in [3.05, 3.63) is 52.4 Å². The lowest BCUT2D eigenvalue weighted by molar-refractivity contribution is -0.155. The summed E-state index contributed by atoms with van der Waals surface area (Å²) in [6.07, 6.45) is 0.354. The van der Waals surface area contributed by atoms with Crippen LogP contribution < -0.4 is 0 Å². The summed E-state index contributed by atoms with van der Waals surface area (Å²) in [5.74, 6) is -1.34. The Morgan fingerprint density at radius 2 is 1.93 bits per heavy atom. The predicted octanol–water partition coefficient (Wildman–Crippen LogP) is 1.57. The Bertz CT molecular complexity index is 869. The van der Waals surface area contributed by atoms with Crippen LogP contribution in [0.1, 0.15) is 32.9 Å². The van der Waals surface area contributed by atoms with E-state index in [1.807, 2.05) is 24.3 Å². The van der Waals surface area contributed by atoms with Gasteiger partial charge >= 0.3 is 11.9 Å². The van der Waals surface area contributed by atoms with Crippen LogP contribution in [0.5, 0.6) is 0 Å². The molecule has 0 spiro atoms. The zero-order valence-corrected chi connectivity index (χ0v) is 15.4. The molecule has 1 atom stereocenters. The Hall–Kier alpha value is -3.16. The maximum Gasteiger partial charge on any atom is 0.344 e. The van der Waals surface area contributed by atoms with Crippen LogP contribution in [0, 0.1) is 13.8 Å². The molecule has 0 saturated heterocycles. The number of benzene rings is 1. The minimum absolute atomic E-state index is 0.205. The third-order valence-corrected chi connectivity index (χ3v) is 4.61. The molecule has 27 heavy (non-hydrogen) atoms. The zero-order valence-electron chi connectivity index (χ0n) is 15.4. The normalized spacial score (nSPS) is 15.8. The van der Waals surface area contributed by atoms with E-state index in [4.69, 9.17) is 14.0 Å². The van der Waals surface area contributed by atoms with Gasteiger partial charge in [0.25, 0.3) is 5.91 Å². The van der Waals surface area contributed by atoms with Crippen LogP contribution in [0.2, 0.25) is 0 Å². The van der Waals surface area contributed by atoms with E-state index in [0.717, 1.165) is 11.1 Å².